The second-order valence-corrected chi connectivity index (χ2v) is 7.73. The van der Waals surface area contributed by atoms with Gasteiger partial charge in [0.25, 0.3) is 11.6 Å². The molecule has 0 aliphatic carbocycles. The van der Waals surface area contributed by atoms with E-state index in [0.29, 0.717) is 22.4 Å². The lowest BCUT2D eigenvalue weighted by atomic mass is 10.1. The number of hydrogen-bond donors (Lipinski definition) is 1. The highest BCUT2D eigenvalue weighted by Gasteiger charge is 2.27. The molecule has 0 aliphatic rings. The minimum atomic E-state index is -1.32. The fraction of sp³-hybridized carbons (Fsp3) is 0.192. The fourth-order valence-electron chi connectivity index (χ4n) is 3.23. The molecular formula is C26H24N2O7. The molecule has 0 aliphatic heterocycles. The molecular weight excluding hydrogens is 452 g/mol. The Morgan fingerprint density at radius 1 is 1.00 bits per heavy atom. The molecule has 0 heterocycles. The molecule has 1 amide bonds. The van der Waals surface area contributed by atoms with Crippen molar-refractivity contribution in [3.63, 3.8) is 0 Å². The molecule has 1 unspecified atom stereocenters. The van der Waals surface area contributed by atoms with E-state index in [-0.39, 0.29) is 30.2 Å². The number of Topliss-reactive ketones (excluding diaryl/α,β-unsaturated/α-hetero) is 1. The van der Waals surface area contributed by atoms with E-state index in [2.05, 4.69) is 5.32 Å². The summed E-state index contributed by atoms with van der Waals surface area (Å²) in [7, 11) is 0. The predicted octanol–water partition coefficient (Wildman–Crippen LogP) is 4.80. The summed E-state index contributed by atoms with van der Waals surface area (Å²) < 4.78 is 11.0. The van der Waals surface area contributed by atoms with Crippen LogP contribution in [0.1, 0.15) is 40.9 Å². The van der Waals surface area contributed by atoms with Crippen molar-refractivity contribution in [2.75, 3.05) is 11.9 Å². The van der Waals surface area contributed by atoms with Crippen molar-refractivity contribution < 1.29 is 28.8 Å². The van der Waals surface area contributed by atoms with Crippen LogP contribution in [-0.2, 0) is 14.3 Å². The van der Waals surface area contributed by atoms with Gasteiger partial charge in [0.1, 0.15) is 11.4 Å². The molecule has 0 saturated carbocycles. The molecule has 3 aromatic carbocycles. The van der Waals surface area contributed by atoms with Gasteiger partial charge in [-0.15, -0.1) is 0 Å². The van der Waals surface area contributed by atoms with Crippen LogP contribution in [-0.4, -0.2) is 29.2 Å². The number of nitrogens with zero attached hydrogens (tertiary/aromatic N) is 1. The van der Waals surface area contributed by atoms with E-state index in [9.17, 15) is 24.5 Å². The van der Waals surface area contributed by atoms with Gasteiger partial charge in [0.15, 0.2) is 5.78 Å². The Bertz CT molecular complexity index is 1220. The number of aryl methyl sites for hydroxylation is 1. The Labute approximate surface area is 201 Å². The van der Waals surface area contributed by atoms with E-state index < -0.39 is 22.9 Å². The van der Waals surface area contributed by atoms with Gasteiger partial charge in [0, 0.05) is 17.2 Å². The Hall–Kier alpha value is -4.53. The zero-order valence-corrected chi connectivity index (χ0v) is 19.2. The maximum Gasteiger partial charge on any atom is 0.310 e. The first-order valence-electron chi connectivity index (χ1n) is 10.8. The summed E-state index contributed by atoms with van der Waals surface area (Å²) >= 11 is 0. The SMILES string of the molecule is CC(=O)c1ccc(OCCC(=O)OC(C(=O)Nc2ccc(C)cc2[N+](=O)[O-])c2ccccc2)cc1. The van der Waals surface area contributed by atoms with Crippen LogP contribution in [0.15, 0.2) is 72.8 Å². The van der Waals surface area contributed by atoms with Crippen LogP contribution in [0.3, 0.4) is 0 Å². The standard InChI is InChI=1S/C26H24N2O7/c1-17-8-13-22(23(16-17)28(32)33)27-26(31)25(20-6-4-3-5-7-20)35-24(30)14-15-34-21-11-9-19(10-12-21)18(2)29/h3-13,16,25H,14-15H2,1-2H3,(H,27,31). The number of esters is 1. The summed E-state index contributed by atoms with van der Waals surface area (Å²) in [5.41, 5.74) is 1.36. The van der Waals surface area contributed by atoms with Gasteiger partial charge in [-0.3, -0.25) is 24.5 Å². The summed E-state index contributed by atoms with van der Waals surface area (Å²) in [6, 6.07) is 19.3. The molecule has 0 aromatic heterocycles. The molecule has 3 aromatic rings. The third-order valence-electron chi connectivity index (χ3n) is 5.03. The third kappa shape index (κ3) is 6.97. The van der Waals surface area contributed by atoms with Crippen molar-refractivity contribution in [1.82, 2.24) is 0 Å². The van der Waals surface area contributed by atoms with Gasteiger partial charge in [-0.1, -0.05) is 36.4 Å². The molecule has 35 heavy (non-hydrogen) atoms. The van der Waals surface area contributed by atoms with Gasteiger partial charge >= 0.3 is 5.97 Å². The summed E-state index contributed by atoms with van der Waals surface area (Å²) in [5.74, 6) is -1.00. The second kappa shape index (κ2) is 11.6. The number of ether oxygens (including phenoxy) is 2. The fourth-order valence-corrected chi connectivity index (χ4v) is 3.23. The molecule has 0 spiro atoms. The molecule has 1 atom stereocenters. The first kappa shape index (κ1) is 25.1. The van der Waals surface area contributed by atoms with Crippen molar-refractivity contribution in [3.05, 3.63) is 99.6 Å². The Kier molecular flexibility index (Phi) is 8.29. The minimum Gasteiger partial charge on any atom is -0.493 e. The highest BCUT2D eigenvalue weighted by Crippen LogP contribution is 2.28. The van der Waals surface area contributed by atoms with Crippen molar-refractivity contribution in [3.8, 4) is 5.75 Å². The predicted molar refractivity (Wildman–Crippen MR) is 128 cm³/mol. The number of amides is 1. The molecule has 0 fully saturated rings. The normalized spacial score (nSPS) is 11.3. The van der Waals surface area contributed by atoms with Crippen molar-refractivity contribution in [2.24, 2.45) is 0 Å². The van der Waals surface area contributed by atoms with E-state index in [1.165, 1.54) is 19.1 Å². The van der Waals surface area contributed by atoms with Crippen LogP contribution in [0.2, 0.25) is 0 Å². The highest BCUT2D eigenvalue weighted by molar-refractivity contribution is 5.98. The van der Waals surface area contributed by atoms with Crippen LogP contribution in [0.5, 0.6) is 5.75 Å². The molecule has 0 radical (unpaired) electrons. The molecule has 9 nitrogen and oxygen atoms in total. The number of carbonyl (C=O) groups excluding carboxylic acids is 3. The van der Waals surface area contributed by atoms with Gasteiger partial charge in [-0.25, -0.2) is 0 Å². The van der Waals surface area contributed by atoms with E-state index in [1.54, 1.807) is 67.6 Å². The lowest BCUT2D eigenvalue weighted by Crippen LogP contribution is -2.26. The average molecular weight is 476 g/mol. The largest absolute Gasteiger partial charge is 0.493 e. The molecule has 1 N–H and O–H groups in total. The average Bonchev–Trinajstić information content (AvgIpc) is 2.84. The molecule has 0 saturated heterocycles. The quantitative estimate of drug-likeness (QED) is 0.193. The van der Waals surface area contributed by atoms with Crippen LogP contribution in [0.25, 0.3) is 0 Å². The van der Waals surface area contributed by atoms with Gasteiger partial charge < -0.3 is 14.8 Å². The maximum absolute atomic E-state index is 13.0. The number of nitro benzene ring substituents is 1. The topological polar surface area (TPSA) is 125 Å². The monoisotopic (exact) mass is 476 g/mol. The van der Waals surface area contributed by atoms with Crippen LogP contribution in [0.4, 0.5) is 11.4 Å². The molecule has 9 heteroatoms. The van der Waals surface area contributed by atoms with Gasteiger partial charge in [0.2, 0.25) is 6.10 Å². The van der Waals surface area contributed by atoms with Gasteiger partial charge in [0.05, 0.1) is 18.0 Å². The molecule has 180 valence electrons. The second-order valence-electron chi connectivity index (χ2n) is 7.73. The number of nitro groups is 1. The summed E-state index contributed by atoms with van der Waals surface area (Å²) in [6.45, 7) is 3.15. The van der Waals surface area contributed by atoms with E-state index in [0.717, 1.165) is 0 Å². The van der Waals surface area contributed by atoms with Crippen LogP contribution < -0.4 is 10.1 Å². The van der Waals surface area contributed by atoms with Crippen molar-refractivity contribution in [1.29, 1.82) is 0 Å². The Balaban J connectivity index is 1.67. The molecule has 0 bridgehead atoms. The number of carbonyl (C=O) groups is 3. The first-order valence-corrected chi connectivity index (χ1v) is 10.8. The van der Waals surface area contributed by atoms with E-state index >= 15 is 0 Å². The minimum absolute atomic E-state index is 0.0000730. The lowest BCUT2D eigenvalue weighted by Gasteiger charge is -2.18. The third-order valence-corrected chi connectivity index (χ3v) is 5.03. The van der Waals surface area contributed by atoms with E-state index in [1.807, 2.05) is 0 Å². The summed E-state index contributed by atoms with van der Waals surface area (Å²) in [6.07, 6.45) is -1.46. The maximum atomic E-state index is 13.0. The summed E-state index contributed by atoms with van der Waals surface area (Å²) in [4.78, 5) is 47.7. The number of ketones is 1. The Morgan fingerprint density at radius 2 is 1.69 bits per heavy atom. The number of rotatable bonds is 10. The van der Waals surface area contributed by atoms with Crippen molar-refractivity contribution in [2.45, 2.75) is 26.4 Å². The highest BCUT2D eigenvalue weighted by atomic mass is 16.6. The first-order chi connectivity index (χ1) is 16.7. The Morgan fingerprint density at radius 3 is 2.31 bits per heavy atom. The van der Waals surface area contributed by atoms with Crippen LogP contribution in [0, 0.1) is 17.0 Å². The zero-order valence-electron chi connectivity index (χ0n) is 19.2. The van der Waals surface area contributed by atoms with E-state index in [4.69, 9.17) is 9.47 Å². The van der Waals surface area contributed by atoms with Crippen LogP contribution >= 0.6 is 0 Å². The number of benzene rings is 3. The number of nitrogens with one attached hydrogen (secondary N) is 1. The number of hydrogen-bond acceptors (Lipinski definition) is 7. The summed E-state index contributed by atoms with van der Waals surface area (Å²) in [5, 5.41) is 13.9. The van der Waals surface area contributed by atoms with Gasteiger partial charge in [-0.05, 0) is 49.7 Å². The van der Waals surface area contributed by atoms with Gasteiger partial charge in [-0.2, -0.15) is 0 Å². The zero-order chi connectivity index (χ0) is 25.4. The van der Waals surface area contributed by atoms with Crippen molar-refractivity contribution >= 4 is 29.0 Å². The smallest absolute Gasteiger partial charge is 0.310 e. The lowest BCUT2D eigenvalue weighted by molar-refractivity contribution is -0.384. The molecule has 3 rings (SSSR count). The number of anilines is 1.